The van der Waals surface area contributed by atoms with Gasteiger partial charge in [0, 0.05) is 5.57 Å². The summed E-state index contributed by atoms with van der Waals surface area (Å²) in [5.74, 6) is 1.30. The van der Waals surface area contributed by atoms with Crippen LogP contribution in [0, 0.1) is 11.8 Å². The molecule has 2 nitrogen and oxygen atoms in total. The second-order valence-electron chi connectivity index (χ2n) is 4.97. The minimum Gasteiger partial charge on any atom is -0.466 e. The number of rotatable bonds is 2. The van der Waals surface area contributed by atoms with Gasteiger partial charge >= 0.3 is 5.97 Å². The summed E-state index contributed by atoms with van der Waals surface area (Å²) in [6.07, 6.45) is 4.41. The number of allylic oxidation sites excluding steroid dienone is 1. The normalized spacial score (nSPS) is 30.2. The number of esters is 1. The maximum absolute atomic E-state index is 11.7. The van der Waals surface area contributed by atoms with Crippen molar-refractivity contribution in [2.24, 2.45) is 11.8 Å². The lowest BCUT2D eigenvalue weighted by atomic mass is 9.82. The van der Waals surface area contributed by atoms with Gasteiger partial charge in [-0.15, -0.1) is 0 Å². The van der Waals surface area contributed by atoms with Gasteiger partial charge in [-0.05, 0) is 36.2 Å². The number of hydrogen-bond donors (Lipinski definition) is 0. The fraction of sp³-hybridized carbons (Fsp3) is 0.400. The molecule has 2 bridgehead atoms. The topological polar surface area (TPSA) is 26.3 Å². The number of benzene rings is 1. The van der Waals surface area contributed by atoms with E-state index in [9.17, 15) is 4.79 Å². The van der Waals surface area contributed by atoms with Crippen LogP contribution in [0.4, 0.5) is 0 Å². The van der Waals surface area contributed by atoms with Crippen LogP contribution in [0.15, 0.2) is 42.0 Å². The first-order valence-corrected chi connectivity index (χ1v) is 6.14. The molecule has 0 saturated heterocycles. The predicted octanol–water partition coefficient (Wildman–Crippen LogP) is 2.91. The van der Waals surface area contributed by atoms with Gasteiger partial charge in [0.1, 0.15) is 0 Å². The zero-order valence-corrected chi connectivity index (χ0v) is 9.93. The number of ether oxygens (including phenoxy) is 1. The summed E-state index contributed by atoms with van der Waals surface area (Å²) in [5.41, 5.74) is 2.26. The van der Waals surface area contributed by atoms with Crippen LogP contribution in [0.2, 0.25) is 0 Å². The van der Waals surface area contributed by atoms with Gasteiger partial charge in [0.05, 0.1) is 7.11 Å². The van der Waals surface area contributed by atoms with E-state index in [1.807, 2.05) is 6.07 Å². The smallest absolute Gasteiger partial charge is 0.333 e. The zero-order valence-electron chi connectivity index (χ0n) is 9.93. The molecule has 2 aliphatic carbocycles. The highest BCUT2D eigenvalue weighted by atomic mass is 16.5. The van der Waals surface area contributed by atoms with Crippen LogP contribution in [0.25, 0.3) is 0 Å². The van der Waals surface area contributed by atoms with Gasteiger partial charge in [0.2, 0.25) is 0 Å². The summed E-state index contributed by atoms with van der Waals surface area (Å²) >= 11 is 0. The molecule has 0 radical (unpaired) electrons. The predicted molar refractivity (Wildman–Crippen MR) is 65.5 cm³/mol. The Morgan fingerprint density at radius 3 is 2.53 bits per heavy atom. The average Bonchev–Trinajstić information content (AvgIpc) is 2.98. The molecular formula is C15H16O2. The Hall–Kier alpha value is -1.57. The second-order valence-corrected chi connectivity index (χ2v) is 4.97. The molecule has 0 spiro atoms. The molecule has 17 heavy (non-hydrogen) atoms. The first kappa shape index (κ1) is 10.6. The Morgan fingerprint density at radius 1 is 1.18 bits per heavy atom. The average molecular weight is 228 g/mol. The third-order valence-electron chi connectivity index (χ3n) is 4.06. The molecule has 1 aromatic carbocycles. The van der Waals surface area contributed by atoms with E-state index in [0.29, 0.717) is 17.8 Å². The van der Waals surface area contributed by atoms with E-state index < -0.39 is 0 Å². The summed E-state index contributed by atoms with van der Waals surface area (Å²) in [6.45, 7) is 0. The summed E-state index contributed by atoms with van der Waals surface area (Å²) in [6, 6.07) is 10.5. The minimum absolute atomic E-state index is 0.141. The Morgan fingerprint density at radius 2 is 1.88 bits per heavy atom. The molecule has 3 atom stereocenters. The van der Waals surface area contributed by atoms with Crippen molar-refractivity contribution in [3.05, 3.63) is 47.5 Å². The zero-order chi connectivity index (χ0) is 11.8. The Bertz CT molecular complexity index is 461. The molecule has 0 N–H and O–H groups in total. The highest BCUT2D eigenvalue weighted by Crippen LogP contribution is 2.52. The van der Waals surface area contributed by atoms with E-state index in [-0.39, 0.29) is 5.97 Å². The van der Waals surface area contributed by atoms with Gasteiger partial charge in [-0.3, -0.25) is 0 Å². The van der Waals surface area contributed by atoms with Gasteiger partial charge in [-0.2, -0.15) is 0 Å². The number of methoxy groups -OCH3 is 1. The van der Waals surface area contributed by atoms with Crippen molar-refractivity contribution in [3.8, 4) is 0 Å². The van der Waals surface area contributed by atoms with E-state index in [1.165, 1.54) is 19.1 Å². The maximum Gasteiger partial charge on any atom is 0.333 e. The fourth-order valence-corrected chi connectivity index (χ4v) is 3.34. The van der Waals surface area contributed by atoms with Crippen LogP contribution in [0.3, 0.4) is 0 Å². The molecule has 3 rings (SSSR count). The van der Waals surface area contributed by atoms with Crippen LogP contribution < -0.4 is 0 Å². The van der Waals surface area contributed by atoms with Crippen molar-refractivity contribution in [1.29, 1.82) is 0 Å². The molecule has 0 amide bonds. The molecule has 0 aliphatic heterocycles. The fourth-order valence-electron chi connectivity index (χ4n) is 3.34. The van der Waals surface area contributed by atoms with E-state index in [1.54, 1.807) is 0 Å². The lowest BCUT2D eigenvalue weighted by Crippen LogP contribution is -2.17. The third kappa shape index (κ3) is 1.68. The molecule has 2 aliphatic rings. The lowest BCUT2D eigenvalue weighted by molar-refractivity contribution is -0.136. The van der Waals surface area contributed by atoms with Gasteiger partial charge in [0.25, 0.3) is 0 Å². The van der Waals surface area contributed by atoms with Crippen molar-refractivity contribution in [2.75, 3.05) is 7.11 Å². The first-order chi connectivity index (χ1) is 8.29. The Kier molecular flexibility index (Phi) is 2.50. The van der Waals surface area contributed by atoms with Crippen molar-refractivity contribution >= 4 is 5.97 Å². The maximum atomic E-state index is 11.7. The quantitative estimate of drug-likeness (QED) is 0.727. The van der Waals surface area contributed by atoms with Crippen LogP contribution >= 0.6 is 0 Å². The van der Waals surface area contributed by atoms with E-state index in [0.717, 1.165) is 12.0 Å². The highest BCUT2D eigenvalue weighted by molar-refractivity contribution is 5.90. The number of fused-ring (bicyclic) bond motifs is 2. The van der Waals surface area contributed by atoms with E-state index >= 15 is 0 Å². The van der Waals surface area contributed by atoms with Crippen LogP contribution in [0.1, 0.15) is 24.3 Å². The van der Waals surface area contributed by atoms with Gasteiger partial charge in [-0.25, -0.2) is 4.79 Å². The van der Waals surface area contributed by atoms with E-state index in [2.05, 4.69) is 30.3 Å². The molecule has 0 unspecified atom stereocenters. The summed E-state index contributed by atoms with van der Waals surface area (Å²) in [7, 11) is 1.46. The summed E-state index contributed by atoms with van der Waals surface area (Å²) < 4.78 is 4.86. The Balaban J connectivity index is 1.88. The first-order valence-electron chi connectivity index (χ1n) is 6.14. The Labute approximate surface area is 101 Å². The molecule has 1 fully saturated rings. The molecular weight excluding hydrogens is 212 g/mol. The molecule has 2 heteroatoms. The SMILES string of the molecule is COC(=O)C1=C[C@H]2C[C@@H]1[C@H](c1ccccc1)C2. The summed E-state index contributed by atoms with van der Waals surface area (Å²) in [4.78, 5) is 11.7. The molecule has 0 aromatic heterocycles. The monoisotopic (exact) mass is 228 g/mol. The molecule has 0 heterocycles. The van der Waals surface area contributed by atoms with Crippen LogP contribution in [-0.4, -0.2) is 13.1 Å². The van der Waals surface area contributed by atoms with Crippen LogP contribution in [0.5, 0.6) is 0 Å². The van der Waals surface area contributed by atoms with Gasteiger partial charge in [-0.1, -0.05) is 36.4 Å². The van der Waals surface area contributed by atoms with Crippen molar-refractivity contribution in [1.82, 2.24) is 0 Å². The second kappa shape index (κ2) is 4.02. The highest BCUT2D eigenvalue weighted by Gasteiger charge is 2.43. The minimum atomic E-state index is -0.141. The van der Waals surface area contributed by atoms with E-state index in [4.69, 9.17) is 4.74 Å². The number of hydrogen-bond acceptors (Lipinski definition) is 2. The van der Waals surface area contributed by atoms with Crippen molar-refractivity contribution in [2.45, 2.75) is 18.8 Å². The lowest BCUT2D eigenvalue weighted by Gasteiger charge is -2.22. The summed E-state index contributed by atoms with van der Waals surface area (Å²) in [5, 5.41) is 0. The standard InChI is InChI=1S/C15H16O2/c1-17-15(16)14-9-10-7-12(13(14)8-10)11-5-3-2-4-6-11/h2-6,9-10,12-13H,7-8H2,1H3/t10-,12+,13-/m1/s1. The largest absolute Gasteiger partial charge is 0.466 e. The molecule has 1 saturated carbocycles. The third-order valence-corrected chi connectivity index (χ3v) is 4.06. The van der Waals surface area contributed by atoms with Crippen LogP contribution in [-0.2, 0) is 9.53 Å². The molecule has 1 aromatic rings. The number of carbonyl (C=O) groups is 1. The molecule has 88 valence electrons. The van der Waals surface area contributed by atoms with Gasteiger partial charge < -0.3 is 4.74 Å². The van der Waals surface area contributed by atoms with Crippen molar-refractivity contribution < 1.29 is 9.53 Å². The number of carbonyl (C=O) groups excluding carboxylic acids is 1. The van der Waals surface area contributed by atoms with Gasteiger partial charge in [0.15, 0.2) is 0 Å². The van der Waals surface area contributed by atoms with Crippen molar-refractivity contribution in [3.63, 3.8) is 0 Å².